The molecule has 0 unspecified atom stereocenters. The van der Waals surface area contributed by atoms with E-state index in [9.17, 15) is 13.2 Å². The smallest absolute Gasteiger partial charge is 0.282 e. The van der Waals surface area contributed by atoms with Crippen LogP contribution in [0, 0.1) is 0 Å². The number of aromatic nitrogens is 3. The molecule has 0 aromatic carbocycles. The van der Waals surface area contributed by atoms with E-state index in [0.29, 0.717) is 44.8 Å². The van der Waals surface area contributed by atoms with Gasteiger partial charge >= 0.3 is 0 Å². The Kier molecular flexibility index (Phi) is 6.77. The van der Waals surface area contributed by atoms with E-state index < -0.39 is 10.2 Å². The van der Waals surface area contributed by atoms with E-state index in [1.54, 1.807) is 15.4 Å². The minimum absolute atomic E-state index is 0.0933. The van der Waals surface area contributed by atoms with Crippen molar-refractivity contribution in [3.63, 3.8) is 0 Å². The molecule has 2 aromatic heterocycles. The molecule has 11 heteroatoms. The maximum Gasteiger partial charge on any atom is 0.282 e. The average molecular weight is 478 g/mol. The van der Waals surface area contributed by atoms with Crippen LogP contribution in [0.25, 0.3) is 11.0 Å². The Labute approximate surface area is 196 Å². The van der Waals surface area contributed by atoms with Gasteiger partial charge in [-0.25, -0.2) is 9.67 Å². The molecule has 0 radical (unpaired) electrons. The van der Waals surface area contributed by atoms with E-state index in [0.717, 1.165) is 29.8 Å². The Bertz CT molecular complexity index is 1110. The highest BCUT2D eigenvalue weighted by molar-refractivity contribution is 7.86. The van der Waals surface area contributed by atoms with Crippen LogP contribution >= 0.6 is 0 Å². The Morgan fingerprint density at radius 2 is 1.52 bits per heavy atom. The summed E-state index contributed by atoms with van der Waals surface area (Å²) in [4.78, 5) is 22.2. The fraction of sp³-hybridized carbons (Fsp3) is 0.682. The maximum absolute atomic E-state index is 13.5. The molecule has 2 aromatic rings. The van der Waals surface area contributed by atoms with Crippen molar-refractivity contribution in [2.75, 3.05) is 59.4 Å². The molecule has 0 bridgehead atoms. The summed E-state index contributed by atoms with van der Waals surface area (Å²) < 4.78 is 31.1. The van der Waals surface area contributed by atoms with E-state index in [4.69, 9.17) is 4.98 Å². The molecule has 0 atom stereocenters. The van der Waals surface area contributed by atoms with Crippen LogP contribution in [0.5, 0.6) is 0 Å². The molecule has 4 heterocycles. The van der Waals surface area contributed by atoms with Crippen molar-refractivity contribution in [3.8, 4) is 0 Å². The SMILES string of the molecule is CC(C)c1cc(C(=O)N2CCN(S(=O)(=O)N3CCN(C)CC3)CC2)c2cnn(C(C)C)c2n1. The van der Waals surface area contributed by atoms with Crippen molar-refractivity contribution in [1.29, 1.82) is 0 Å². The summed E-state index contributed by atoms with van der Waals surface area (Å²) in [6, 6.07) is 2.00. The number of amides is 1. The van der Waals surface area contributed by atoms with Crippen molar-refractivity contribution in [1.82, 2.24) is 33.2 Å². The normalized spacial score (nSPS) is 19.8. The van der Waals surface area contributed by atoms with Crippen LogP contribution in [-0.2, 0) is 10.2 Å². The van der Waals surface area contributed by atoms with Crippen LogP contribution in [0.4, 0.5) is 0 Å². The number of likely N-dealkylation sites (N-methyl/N-ethyl adjacent to an activating group) is 1. The van der Waals surface area contributed by atoms with Crippen molar-refractivity contribution < 1.29 is 13.2 Å². The summed E-state index contributed by atoms with van der Waals surface area (Å²) >= 11 is 0. The number of nitrogens with zero attached hydrogens (tertiary/aromatic N) is 7. The highest BCUT2D eigenvalue weighted by atomic mass is 32.2. The van der Waals surface area contributed by atoms with Gasteiger partial charge in [0.15, 0.2) is 5.65 Å². The van der Waals surface area contributed by atoms with Crippen molar-refractivity contribution in [3.05, 3.63) is 23.5 Å². The fourth-order valence-electron chi connectivity index (χ4n) is 4.36. The first kappa shape index (κ1) is 24.1. The largest absolute Gasteiger partial charge is 0.336 e. The molecule has 2 saturated heterocycles. The number of rotatable bonds is 5. The molecule has 1 amide bonds. The summed E-state index contributed by atoms with van der Waals surface area (Å²) in [6.45, 7) is 12.0. The van der Waals surface area contributed by atoms with Crippen LogP contribution in [-0.4, -0.2) is 107 Å². The second-order valence-electron chi connectivity index (χ2n) is 9.57. The lowest BCUT2D eigenvalue weighted by Crippen LogP contribution is -2.57. The molecule has 0 spiro atoms. The summed E-state index contributed by atoms with van der Waals surface area (Å²) in [7, 11) is -1.50. The second-order valence-corrected chi connectivity index (χ2v) is 11.5. The Hall–Kier alpha value is -2.08. The predicted molar refractivity (Wildman–Crippen MR) is 127 cm³/mol. The van der Waals surface area contributed by atoms with Gasteiger partial charge in [-0.2, -0.15) is 22.1 Å². The van der Waals surface area contributed by atoms with Crippen LogP contribution in [0.2, 0.25) is 0 Å². The first-order valence-corrected chi connectivity index (χ1v) is 13.1. The molecule has 4 rings (SSSR count). The first-order valence-electron chi connectivity index (χ1n) is 11.7. The van der Waals surface area contributed by atoms with E-state index in [1.165, 1.54) is 4.31 Å². The van der Waals surface area contributed by atoms with Gasteiger partial charge in [-0.3, -0.25) is 4.79 Å². The standard InChI is InChI=1S/C22H35N7O3S/c1-16(2)20-14-18(19-15-23-29(17(3)4)21(19)24-20)22(30)26-8-12-28(13-9-26)33(31,32)27-10-6-25(5)7-11-27/h14-17H,6-13H2,1-5H3. The molecule has 2 fully saturated rings. The van der Waals surface area contributed by atoms with E-state index >= 15 is 0 Å². The molecular weight excluding hydrogens is 442 g/mol. The van der Waals surface area contributed by atoms with Crippen molar-refractivity contribution in [2.45, 2.75) is 39.7 Å². The number of carbonyl (C=O) groups excluding carboxylic acids is 1. The van der Waals surface area contributed by atoms with Crippen LogP contribution < -0.4 is 0 Å². The summed E-state index contributed by atoms with van der Waals surface area (Å²) in [5.74, 6) is 0.0753. The third kappa shape index (κ3) is 4.64. The number of piperazine rings is 2. The molecule has 2 aliphatic heterocycles. The molecule has 10 nitrogen and oxygen atoms in total. The zero-order valence-electron chi connectivity index (χ0n) is 20.2. The summed E-state index contributed by atoms with van der Waals surface area (Å²) in [5.41, 5.74) is 2.16. The molecule has 0 N–H and O–H groups in total. The van der Waals surface area contributed by atoms with Gasteiger partial charge in [0, 0.05) is 64.1 Å². The first-order chi connectivity index (χ1) is 15.6. The number of hydrogen-bond donors (Lipinski definition) is 0. The summed E-state index contributed by atoms with van der Waals surface area (Å²) in [6.07, 6.45) is 1.72. The molecule has 2 aliphatic rings. The molecular formula is C22H35N7O3S. The third-order valence-corrected chi connectivity index (χ3v) is 8.57. The van der Waals surface area contributed by atoms with E-state index in [-0.39, 0.29) is 17.9 Å². The van der Waals surface area contributed by atoms with Crippen LogP contribution in [0.1, 0.15) is 55.7 Å². The molecule has 0 aliphatic carbocycles. The lowest BCUT2D eigenvalue weighted by molar-refractivity contribution is 0.0694. The lowest BCUT2D eigenvalue weighted by Gasteiger charge is -2.39. The van der Waals surface area contributed by atoms with E-state index in [2.05, 4.69) is 23.8 Å². The molecule has 0 saturated carbocycles. The number of hydrogen-bond acceptors (Lipinski definition) is 6. The second kappa shape index (κ2) is 9.28. The number of carbonyl (C=O) groups is 1. The Balaban J connectivity index is 1.53. The van der Waals surface area contributed by atoms with Crippen LogP contribution in [0.15, 0.2) is 12.3 Å². The third-order valence-electron chi connectivity index (χ3n) is 6.54. The Morgan fingerprint density at radius 3 is 2.06 bits per heavy atom. The lowest BCUT2D eigenvalue weighted by atomic mass is 10.0. The van der Waals surface area contributed by atoms with Crippen molar-refractivity contribution >= 4 is 27.1 Å². The van der Waals surface area contributed by atoms with Gasteiger partial charge < -0.3 is 9.80 Å². The highest BCUT2D eigenvalue weighted by Gasteiger charge is 2.35. The predicted octanol–water partition coefficient (Wildman–Crippen LogP) is 1.39. The summed E-state index contributed by atoms with van der Waals surface area (Å²) in [5, 5.41) is 5.21. The van der Waals surface area contributed by atoms with Gasteiger partial charge in [0.2, 0.25) is 0 Å². The van der Waals surface area contributed by atoms with Gasteiger partial charge in [-0.1, -0.05) is 13.8 Å². The zero-order valence-corrected chi connectivity index (χ0v) is 21.0. The molecule has 33 heavy (non-hydrogen) atoms. The Morgan fingerprint density at radius 1 is 0.939 bits per heavy atom. The van der Waals surface area contributed by atoms with Crippen molar-refractivity contribution in [2.24, 2.45) is 0 Å². The fourth-order valence-corrected chi connectivity index (χ4v) is 5.94. The zero-order chi connectivity index (χ0) is 23.9. The quantitative estimate of drug-likeness (QED) is 0.646. The average Bonchev–Trinajstić information content (AvgIpc) is 3.23. The minimum atomic E-state index is -3.50. The van der Waals surface area contributed by atoms with Gasteiger partial charge in [0.25, 0.3) is 16.1 Å². The maximum atomic E-state index is 13.5. The number of fused-ring (bicyclic) bond motifs is 1. The molecule has 182 valence electrons. The monoisotopic (exact) mass is 477 g/mol. The number of pyridine rings is 1. The highest BCUT2D eigenvalue weighted by Crippen LogP contribution is 2.26. The van der Waals surface area contributed by atoms with Gasteiger partial charge in [-0.05, 0) is 32.9 Å². The minimum Gasteiger partial charge on any atom is -0.336 e. The van der Waals surface area contributed by atoms with Crippen LogP contribution in [0.3, 0.4) is 0 Å². The van der Waals surface area contributed by atoms with Gasteiger partial charge in [-0.15, -0.1) is 0 Å². The topological polar surface area (TPSA) is 94.9 Å². The van der Waals surface area contributed by atoms with E-state index in [1.807, 2.05) is 31.6 Å². The van der Waals surface area contributed by atoms with Gasteiger partial charge in [0.1, 0.15) is 0 Å². The van der Waals surface area contributed by atoms with Gasteiger partial charge in [0.05, 0.1) is 17.1 Å².